The first-order chi connectivity index (χ1) is 42.5. The molecular weight excluding hydrogens is 1160 g/mol. The number of rotatable bonds is 69. The highest BCUT2D eigenvalue weighted by Crippen LogP contribution is 2.45. The Bertz CT molecular complexity index is 1700. The van der Waals surface area contributed by atoms with Gasteiger partial charge in [-0.1, -0.05) is 304 Å². The molecule has 0 amide bonds. The first-order valence-corrected chi connectivity index (χ1v) is 39.1. The number of phosphoric acid groups is 2. The van der Waals surface area contributed by atoms with Gasteiger partial charge in [0.1, 0.15) is 19.3 Å². The van der Waals surface area contributed by atoms with Crippen LogP contribution in [0, 0.1) is 5.92 Å². The van der Waals surface area contributed by atoms with Crippen molar-refractivity contribution >= 4 is 39.5 Å². The topological polar surface area (TPSA) is 237 Å². The van der Waals surface area contributed by atoms with E-state index in [1.165, 1.54) is 173 Å². The van der Waals surface area contributed by atoms with Crippen molar-refractivity contribution in [1.82, 2.24) is 0 Å². The predicted octanol–water partition coefficient (Wildman–Crippen LogP) is 19.7. The highest BCUT2D eigenvalue weighted by Gasteiger charge is 2.30. The number of phosphoric ester groups is 2. The van der Waals surface area contributed by atoms with Crippen molar-refractivity contribution in [3.8, 4) is 0 Å². The van der Waals surface area contributed by atoms with Crippen molar-refractivity contribution < 1.29 is 80.2 Å². The van der Waals surface area contributed by atoms with E-state index >= 15 is 0 Å². The number of ether oxygens (including phenoxy) is 4. The van der Waals surface area contributed by atoms with Gasteiger partial charge in [-0.15, -0.1) is 0 Å². The largest absolute Gasteiger partial charge is 0.472 e. The lowest BCUT2D eigenvalue weighted by Crippen LogP contribution is -2.30. The molecule has 0 aliphatic carbocycles. The number of aliphatic hydroxyl groups is 1. The fourth-order valence-corrected chi connectivity index (χ4v) is 12.0. The summed E-state index contributed by atoms with van der Waals surface area (Å²) in [4.78, 5) is 72.1. The Morgan fingerprint density at radius 1 is 0.307 bits per heavy atom. The molecule has 0 radical (unpaired) electrons. The van der Waals surface area contributed by atoms with Crippen molar-refractivity contribution in [2.75, 3.05) is 39.6 Å². The summed E-state index contributed by atoms with van der Waals surface area (Å²) >= 11 is 0. The predicted molar refractivity (Wildman–Crippen MR) is 354 cm³/mol. The molecule has 0 aromatic rings. The molecule has 0 aliphatic rings. The van der Waals surface area contributed by atoms with Gasteiger partial charge in [-0.05, 0) is 31.6 Å². The molecule has 0 bridgehead atoms. The van der Waals surface area contributed by atoms with Crippen LogP contribution >= 0.6 is 15.6 Å². The lowest BCUT2D eigenvalue weighted by Gasteiger charge is -2.21. The Morgan fingerprint density at radius 2 is 0.523 bits per heavy atom. The lowest BCUT2D eigenvalue weighted by atomic mass is 10.0. The van der Waals surface area contributed by atoms with Gasteiger partial charge in [-0.2, -0.15) is 0 Å². The SMILES string of the molecule is CCCCCCCCCCCCCCCCCCCCC(=O)O[C@H](COC(=O)CCCCCCCCCCCCCCCC(C)C)COP(=O)(O)OC[C@@H](O)COP(=O)(O)OC[C@@H](COC(=O)CCCCCCC)OC(=O)CCCCCCCCCCC. The molecule has 0 aromatic carbocycles. The molecule has 0 rings (SSSR count). The molecule has 17 nitrogen and oxygen atoms in total. The van der Waals surface area contributed by atoms with Gasteiger partial charge in [0.2, 0.25) is 0 Å². The van der Waals surface area contributed by atoms with E-state index in [9.17, 15) is 43.2 Å². The monoisotopic (exact) mass is 1300 g/mol. The zero-order valence-corrected chi connectivity index (χ0v) is 58.6. The molecule has 5 atom stereocenters. The third-order valence-electron chi connectivity index (χ3n) is 16.0. The molecule has 19 heteroatoms. The number of hydrogen-bond donors (Lipinski definition) is 3. The quantitative estimate of drug-likeness (QED) is 0.0222. The minimum atomic E-state index is -4.95. The molecule has 0 saturated heterocycles. The Labute approximate surface area is 537 Å². The van der Waals surface area contributed by atoms with E-state index in [0.29, 0.717) is 25.7 Å². The maximum atomic E-state index is 13.0. The molecule has 88 heavy (non-hydrogen) atoms. The standard InChI is InChI=1S/C69H134O17P2/c1-6-9-12-15-17-19-20-21-22-23-24-25-28-32-36-40-45-50-55-69(74)86-65(59-80-67(72)53-48-43-38-35-31-29-26-27-30-34-37-42-46-51-62(4)5)61-84-88(77,78)82-57-63(70)56-81-87(75,76)83-60-64(58-79-66(71)52-47-41-14-11-8-3)85-68(73)54-49-44-39-33-18-16-13-10-7-2/h62-65,70H,6-61H2,1-5H3,(H,75,76)(H,77,78)/t63-,64+,65+/m0/s1. The van der Waals surface area contributed by atoms with Crippen LogP contribution in [-0.2, 0) is 65.4 Å². The summed E-state index contributed by atoms with van der Waals surface area (Å²) in [5.41, 5.74) is 0. The molecule has 0 fully saturated rings. The van der Waals surface area contributed by atoms with Gasteiger partial charge in [0.15, 0.2) is 12.2 Å². The summed E-state index contributed by atoms with van der Waals surface area (Å²) in [5, 5.41) is 10.5. The summed E-state index contributed by atoms with van der Waals surface area (Å²) in [7, 11) is -9.88. The van der Waals surface area contributed by atoms with E-state index < -0.39 is 97.5 Å². The van der Waals surface area contributed by atoms with Crippen LogP contribution in [0.4, 0.5) is 0 Å². The smallest absolute Gasteiger partial charge is 0.462 e. The first kappa shape index (κ1) is 86.1. The average molecular weight is 1300 g/mol. The molecule has 0 aromatic heterocycles. The van der Waals surface area contributed by atoms with Gasteiger partial charge in [0.25, 0.3) is 0 Å². The molecule has 2 unspecified atom stereocenters. The average Bonchev–Trinajstić information content (AvgIpc) is 3.59. The van der Waals surface area contributed by atoms with E-state index in [-0.39, 0.29) is 25.7 Å². The summed E-state index contributed by atoms with van der Waals surface area (Å²) in [6, 6.07) is 0. The second-order valence-corrected chi connectivity index (χ2v) is 28.3. The number of aliphatic hydroxyl groups excluding tert-OH is 1. The molecule has 3 N–H and O–H groups in total. The van der Waals surface area contributed by atoms with Crippen LogP contribution in [0.2, 0.25) is 0 Å². The second kappa shape index (κ2) is 62.5. The molecule has 0 saturated carbocycles. The van der Waals surface area contributed by atoms with Crippen LogP contribution in [0.5, 0.6) is 0 Å². The number of hydrogen-bond acceptors (Lipinski definition) is 15. The van der Waals surface area contributed by atoms with Crippen molar-refractivity contribution in [3.05, 3.63) is 0 Å². The fourth-order valence-electron chi connectivity index (χ4n) is 10.5. The lowest BCUT2D eigenvalue weighted by molar-refractivity contribution is -0.161. The highest BCUT2D eigenvalue weighted by molar-refractivity contribution is 7.47. The fraction of sp³-hybridized carbons (Fsp3) is 0.942. The Morgan fingerprint density at radius 3 is 0.773 bits per heavy atom. The number of carbonyl (C=O) groups is 4. The van der Waals surface area contributed by atoms with Gasteiger partial charge in [0, 0.05) is 25.7 Å². The number of carbonyl (C=O) groups excluding carboxylic acids is 4. The van der Waals surface area contributed by atoms with Crippen LogP contribution in [-0.4, -0.2) is 96.7 Å². The normalized spacial score (nSPS) is 14.1. The first-order valence-electron chi connectivity index (χ1n) is 36.1. The highest BCUT2D eigenvalue weighted by atomic mass is 31.2. The zero-order chi connectivity index (χ0) is 64.9. The Hall–Kier alpha value is -1.94. The third kappa shape index (κ3) is 62.8. The Kier molecular flexibility index (Phi) is 61.1. The van der Waals surface area contributed by atoms with Gasteiger partial charge < -0.3 is 33.8 Å². The summed E-state index contributed by atoms with van der Waals surface area (Å²) in [5.74, 6) is -1.35. The van der Waals surface area contributed by atoms with Crippen LogP contribution in [0.1, 0.15) is 356 Å². The molecule has 0 aliphatic heterocycles. The van der Waals surface area contributed by atoms with Crippen LogP contribution < -0.4 is 0 Å². The van der Waals surface area contributed by atoms with Crippen LogP contribution in [0.3, 0.4) is 0 Å². The second-order valence-electron chi connectivity index (χ2n) is 25.4. The van der Waals surface area contributed by atoms with E-state index in [4.69, 9.17) is 37.0 Å². The Balaban J connectivity index is 5.14. The van der Waals surface area contributed by atoms with E-state index in [2.05, 4.69) is 34.6 Å². The number of unbranched alkanes of at least 4 members (excludes halogenated alkanes) is 41. The van der Waals surface area contributed by atoms with Gasteiger partial charge in [-0.3, -0.25) is 37.3 Å². The van der Waals surface area contributed by atoms with E-state index in [1.807, 2.05) is 0 Å². The van der Waals surface area contributed by atoms with Gasteiger partial charge in [-0.25, -0.2) is 9.13 Å². The van der Waals surface area contributed by atoms with Crippen molar-refractivity contribution in [3.63, 3.8) is 0 Å². The van der Waals surface area contributed by atoms with E-state index in [1.54, 1.807) is 0 Å². The third-order valence-corrected chi connectivity index (χ3v) is 17.9. The maximum absolute atomic E-state index is 13.0. The van der Waals surface area contributed by atoms with Gasteiger partial charge >= 0.3 is 39.5 Å². The van der Waals surface area contributed by atoms with Crippen LogP contribution in [0.25, 0.3) is 0 Å². The summed E-state index contributed by atoms with van der Waals surface area (Å²) < 4.78 is 68.0. The van der Waals surface area contributed by atoms with Gasteiger partial charge in [0.05, 0.1) is 26.4 Å². The maximum Gasteiger partial charge on any atom is 0.472 e. The van der Waals surface area contributed by atoms with Crippen molar-refractivity contribution in [1.29, 1.82) is 0 Å². The van der Waals surface area contributed by atoms with Crippen molar-refractivity contribution in [2.45, 2.75) is 374 Å². The summed E-state index contributed by atoms with van der Waals surface area (Å²) in [6.07, 6.45) is 49.0. The van der Waals surface area contributed by atoms with Crippen LogP contribution in [0.15, 0.2) is 0 Å². The minimum Gasteiger partial charge on any atom is -0.462 e. The molecule has 0 heterocycles. The number of esters is 4. The molecular formula is C69H134O17P2. The zero-order valence-electron chi connectivity index (χ0n) is 56.9. The van der Waals surface area contributed by atoms with E-state index in [0.717, 1.165) is 102 Å². The summed E-state index contributed by atoms with van der Waals surface area (Å²) in [6.45, 7) is 7.15. The van der Waals surface area contributed by atoms with Crippen molar-refractivity contribution in [2.24, 2.45) is 5.92 Å². The molecule has 0 spiro atoms. The minimum absolute atomic E-state index is 0.105. The molecule has 522 valence electrons.